The SMILES string of the molecule is CCC(CC)C(O)CNC(=O)NCC1CCN(S(C)(=O)=O)CC1. The summed E-state index contributed by atoms with van der Waals surface area (Å²) in [4.78, 5) is 11.8. The van der Waals surface area contributed by atoms with E-state index in [9.17, 15) is 18.3 Å². The maximum Gasteiger partial charge on any atom is 0.314 e. The number of urea groups is 1. The van der Waals surface area contributed by atoms with Gasteiger partial charge in [0.15, 0.2) is 0 Å². The van der Waals surface area contributed by atoms with Gasteiger partial charge in [-0.1, -0.05) is 26.7 Å². The van der Waals surface area contributed by atoms with Gasteiger partial charge in [0, 0.05) is 26.2 Å². The minimum Gasteiger partial charge on any atom is -0.391 e. The molecule has 1 aliphatic rings. The van der Waals surface area contributed by atoms with E-state index in [0.29, 0.717) is 25.6 Å². The molecule has 0 aromatic rings. The molecule has 1 aliphatic heterocycles. The van der Waals surface area contributed by atoms with Crippen molar-refractivity contribution in [1.29, 1.82) is 0 Å². The molecule has 1 fully saturated rings. The van der Waals surface area contributed by atoms with Crippen LogP contribution in [0, 0.1) is 11.8 Å². The Morgan fingerprint density at radius 1 is 1.22 bits per heavy atom. The Bertz CT molecular complexity index is 457. The van der Waals surface area contributed by atoms with Crippen molar-refractivity contribution in [3.05, 3.63) is 0 Å². The minimum absolute atomic E-state index is 0.204. The van der Waals surface area contributed by atoms with Crippen LogP contribution in [0.25, 0.3) is 0 Å². The standard InChI is InChI=1S/C15H31N3O4S/c1-4-13(5-2)14(19)11-17-15(20)16-10-12-6-8-18(9-7-12)23(3,21)22/h12-14,19H,4-11H2,1-3H3,(H2,16,17,20). The summed E-state index contributed by atoms with van der Waals surface area (Å²) < 4.78 is 24.4. The number of piperidine rings is 1. The molecule has 0 radical (unpaired) electrons. The number of sulfonamides is 1. The van der Waals surface area contributed by atoms with Crippen molar-refractivity contribution in [3.63, 3.8) is 0 Å². The normalized spacial score (nSPS) is 18.8. The Morgan fingerprint density at radius 3 is 2.26 bits per heavy atom. The first-order valence-corrected chi connectivity index (χ1v) is 10.3. The molecule has 0 bridgehead atoms. The van der Waals surface area contributed by atoms with Crippen LogP contribution in [0.4, 0.5) is 4.79 Å². The first-order chi connectivity index (χ1) is 10.8. The maximum atomic E-state index is 11.8. The summed E-state index contributed by atoms with van der Waals surface area (Å²) in [5.41, 5.74) is 0. The lowest BCUT2D eigenvalue weighted by molar-refractivity contribution is 0.103. The van der Waals surface area contributed by atoms with E-state index in [1.54, 1.807) is 0 Å². The summed E-state index contributed by atoms with van der Waals surface area (Å²) in [7, 11) is -3.11. The number of hydrogen-bond acceptors (Lipinski definition) is 4. The van der Waals surface area contributed by atoms with E-state index in [2.05, 4.69) is 10.6 Å². The van der Waals surface area contributed by atoms with Crippen LogP contribution in [0.1, 0.15) is 39.5 Å². The topological polar surface area (TPSA) is 98.7 Å². The van der Waals surface area contributed by atoms with Gasteiger partial charge in [0.2, 0.25) is 10.0 Å². The van der Waals surface area contributed by atoms with Gasteiger partial charge >= 0.3 is 6.03 Å². The van der Waals surface area contributed by atoms with Gasteiger partial charge in [0.05, 0.1) is 12.4 Å². The second-order valence-electron chi connectivity index (χ2n) is 6.34. The fraction of sp³-hybridized carbons (Fsp3) is 0.933. The number of carbonyl (C=O) groups is 1. The minimum atomic E-state index is -3.11. The molecule has 0 aliphatic carbocycles. The van der Waals surface area contributed by atoms with Crippen LogP contribution in [0.2, 0.25) is 0 Å². The largest absolute Gasteiger partial charge is 0.391 e. The molecule has 1 unspecified atom stereocenters. The number of aliphatic hydroxyl groups is 1. The monoisotopic (exact) mass is 349 g/mol. The summed E-state index contributed by atoms with van der Waals surface area (Å²) >= 11 is 0. The van der Waals surface area contributed by atoms with Crippen LogP contribution in [0.3, 0.4) is 0 Å². The first kappa shape index (κ1) is 20.2. The molecule has 1 heterocycles. The molecule has 7 nitrogen and oxygen atoms in total. The third-order valence-electron chi connectivity index (χ3n) is 4.66. The van der Waals surface area contributed by atoms with Crippen LogP contribution in [0.5, 0.6) is 0 Å². The predicted molar refractivity (Wildman–Crippen MR) is 90.6 cm³/mol. The zero-order valence-corrected chi connectivity index (χ0v) is 15.2. The number of carbonyl (C=O) groups excluding carboxylic acids is 1. The molecule has 8 heteroatoms. The Hall–Kier alpha value is -0.860. The average molecular weight is 349 g/mol. The number of nitrogens with zero attached hydrogens (tertiary/aromatic N) is 1. The highest BCUT2D eigenvalue weighted by atomic mass is 32.2. The Kier molecular flexibility index (Phi) is 8.28. The van der Waals surface area contributed by atoms with Crippen molar-refractivity contribution in [2.75, 3.05) is 32.4 Å². The molecule has 3 N–H and O–H groups in total. The molecule has 0 aromatic carbocycles. The highest BCUT2D eigenvalue weighted by Crippen LogP contribution is 2.18. The van der Waals surface area contributed by atoms with Gasteiger partial charge in [-0.05, 0) is 24.7 Å². The van der Waals surface area contributed by atoms with Crippen molar-refractivity contribution in [3.8, 4) is 0 Å². The summed E-state index contributed by atoms with van der Waals surface area (Å²) in [6, 6.07) is -0.277. The molecule has 0 saturated carbocycles. The van der Waals surface area contributed by atoms with Crippen molar-refractivity contribution in [1.82, 2.24) is 14.9 Å². The Balaban J connectivity index is 2.22. The second-order valence-corrected chi connectivity index (χ2v) is 8.32. The molecule has 1 saturated heterocycles. The number of aliphatic hydroxyl groups excluding tert-OH is 1. The lowest BCUT2D eigenvalue weighted by Gasteiger charge is -2.30. The lowest BCUT2D eigenvalue weighted by atomic mass is 9.96. The zero-order chi connectivity index (χ0) is 17.5. The summed E-state index contributed by atoms with van der Waals surface area (Å²) in [5, 5.41) is 15.5. The highest BCUT2D eigenvalue weighted by Gasteiger charge is 2.25. The molecule has 23 heavy (non-hydrogen) atoms. The zero-order valence-electron chi connectivity index (χ0n) is 14.4. The van der Waals surface area contributed by atoms with E-state index in [4.69, 9.17) is 0 Å². The Morgan fingerprint density at radius 2 is 1.78 bits per heavy atom. The van der Waals surface area contributed by atoms with Crippen LogP contribution < -0.4 is 10.6 Å². The molecular formula is C15H31N3O4S. The Labute approximate surface area is 139 Å². The smallest absolute Gasteiger partial charge is 0.314 e. The number of amides is 2. The van der Waals surface area contributed by atoms with Gasteiger partial charge in [-0.15, -0.1) is 0 Å². The van der Waals surface area contributed by atoms with E-state index < -0.39 is 16.1 Å². The van der Waals surface area contributed by atoms with Crippen molar-refractivity contribution >= 4 is 16.1 Å². The average Bonchev–Trinajstić information content (AvgIpc) is 2.51. The van der Waals surface area contributed by atoms with Gasteiger partial charge in [0.25, 0.3) is 0 Å². The van der Waals surface area contributed by atoms with Gasteiger partial charge in [-0.25, -0.2) is 17.5 Å². The molecule has 0 spiro atoms. The van der Waals surface area contributed by atoms with E-state index >= 15 is 0 Å². The van der Waals surface area contributed by atoms with E-state index in [1.807, 2.05) is 13.8 Å². The molecule has 0 aromatic heterocycles. The maximum absolute atomic E-state index is 11.8. The van der Waals surface area contributed by atoms with Crippen LogP contribution >= 0.6 is 0 Å². The van der Waals surface area contributed by atoms with Crippen molar-refractivity contribution < 1.29 is 18.3 Å². The molecule has 1 atom stereocenters. The van der Waals surface area contributed by atoms with Crippen LogP contribution in [-0.2, 0) is 10.0 Å². The molecule has 1 rings (SSSR count). The van der Waals surface area contributed by atoms with Gasteiger partial charge in [-0.2, -0.15) is 0 Å². The third-order valence-corrected chi connectivity index (χ3v) is 5.96. The lowest BCUT2D eigenvalue weighted by Crippen LogP contribution is -2.45. The number of hydrogen-bond donors (Lipinski definition) is 3. The summed E-state index contributed by atoms with van der Waals surface area (Å²) in [6.07, 6.45) is 3.99. The van der Waals surface area contributed by atoms with Gasteiger partial charge in [-0.3, -0.25) is 0 Å². The van der Waals surface area contributed by atoms with Gasteiger partial charge < -0.3 is 15.7 Å². The first-order valence-electron chi connectivity index (χ1n) is 8.42. The molecule has 136 valence electrons. The van der Waals surface area contributed by atoms with E-state index in [1.165, 1.54) is 10.6 Å². The van der Waals surface area contributed by atoms with Gasteiger partial charge in [0.1, 0.15) is 0 Å². The van der Waals surface area contributed by atoms with Crippen LogP contribution in [-0.4, -0.2) is 62.4 Å². The van der Waals surface area contributed by atoms with E-state index in [-0.39, 0.29) is 18.5 Å². The second kappa shape index (κ2) is 9.44. The van der Waals surface area contributed by atoms with Crippen molar-refractivity contribution in [2.24, 2.45) is 11.8 Å². The third kappa shape index (κ3) is 7.05. The fourth-order valence-electron chi connectivity index (χ4n) is 2.94. The molecular weight excluding hydrogens is 318 g/mol. The fourth-order valence-corrected chi connectivity index (χ4v) is 3.82. The highest BCUT2D eigenvalue weighted by molar-refractivity contribution is 7.88. The number of nitrogens with one attached hydrogen (secondary N) is 2. The predicted octanol–water partition coefficient (Wildman–Crippen LogP) is 0.754. The summed E-state index contributed by atoms with van der Waals surface area (Å²) in [5.74, 6) is 0.498. The quantitative estimate of drug-likeness (QED) is 0.602. The van der Waals surface area contributed by atoms with Crippen LogP contribution in [0.15, 0.2) is 0 Å². The van der Waals surface area contributed by atoms with E-state index in [0.717, 1.165) is 25.7 Å². The summed E-state index contributed by atoms with van der Waals surface area (Å²) in [6.45, 7) is 5.87. The molecule has 2 amide bonds. The van der Waals surface area contributed by atoms with Crippen molar-refractivity contribution in [2.45, 2.75) is 45.6 Å². The number of rotatable bonds is 8.